The molecular formula is C21H37N3O6. The van der Waals surface area contributed by atoms with Crippen molar-refractivity contribution in [2.75, 3.05) is 19.6 Å². The van der Waals surface area contributed by atoms with Crippen molar-refractivity contribution in [1.82, 2.24) is 16.0 Å². The lowest BCUT2D eigenvalue weighted by atomic mass is 10.1. The second-order valence-corrected chi connectivity index (χ2v) is 5.30. The third-order valence-corrected chi connectivity index (χ3v) is 2.93. The molecule has 0 saturated heterocycles. The van der Waals surface area contributed by atoms with Crippen molar-refractivity contribution in [2.24, 2.45) is 0 Å². The summed E-state index contributed by atoms with van der Waals surface area (Å²) in [5.74, 6) is -2.36. The zero-order chi connectivity index (χ0) is 23.9. The van der Waals surface area contributed by atoms with Gasteiger partial charge in [-0.3, -0.25) is 14.4 Å². The number of benzene rings is 1. The number of hydrogen-bond donors (Lipinski definition) is 5. The molecular weight excluding hydrogens is 390 g/mol. The van der Waals surface area contributed by atoms with E-state index in [4.69, 9.17) is 10.2 Å². The maximum Gasteiger partial charge on any atom is 0.323 e. The predicted octanol–water partition coefficient (Wildman–Crippen LogP) is 3.03. The van der Waals surface area contributed by atoms with Crippen LogP contribution in [0.1, 0.15) is 63.4 Å². The van der Waals surface area contributed by atoms with Gasteiger partial charge in [0.25, 0.3) is 5.91 Å². The van der Waals surface area contributed by atoms with Gasteiger partial charge in [0.1, 0.15) is 13.1 Å². The van der Waals surface area contributed by atoms with Crippen LogP contribution < -0.4 is 16.0 Å². The Morgan fingerprint density at radius 2 is 1.23 bits per heavy atom. The number of amides is 3. The molecule has 0 aliphatic rings. The highest BCUT2D eigenvalue weighted by atomic mass is 16.4. The van der Waals surface area contributed by atoms with Gasteiger partial charge in [-0.2, -0.15) is 0 Å². The van der Waals surface area contributed by atoms with Gasteiger partial charge in [0.15, 0.2) is 0 Å². The number of carboxylic acids is 2. The average molecular weight is 428 g/mol. The number of unbranched alkanes of at least 4 members (excludes halogenated alkanes) is 1. The summed E-state index contributed by atoms with van der Waals surface area (Å²) in [4.78, 5) is 41.8. The van der Waals surface area contributed by atoms with Gasteiger partial charge in [0, 0.05) is 12.1 Å². The molecule has 0 atom stereocenters. The standard InChI is InChI=1S/C12H17NO.C5H8N2O5.2C2H6/c1-3-4-9-13-12(14)11-7-5-10(2)6-8-11;8-3(9)1-6-5(12)7-2-4(10)11;2*1-2/h5-8H,3-4,9H2,1-2H3,(H,13,14);1-2H2,(H,8,9)(H,10,11)(H2,6,7,12);2*1-2H3. The van der Waals surface area contributed by atoms with E-state index in [9.17, 15) is 19.2 Å². The van der Waals surface area contributed by atoms with Crippen LogP contribution in [0.4, 0.5) is 4.79 Å². The first-order valence-electron chi connectivity index (χ1n) is 10.1. The quantitative estimate of drug-likeness (QED) is 0.403. The molecule has 172 valence electrons. The van der Waals surface area contributed by atoms with Crippen LogP contribution in [0, 0.1) is 6.92 Å². The minimum atomic E-state index is -1.19. The number of rotatable bonds is 8. The molecule has 0 unspecified atom stereocenters. The van der Waals surface area contributed by atoms with Crippen LogP contribution in [-0.2, 0) is 9.59 Å². The molecule has 0 aliphatic carbocycles. The molecule has 0 spiro atoms. The van der Waals surface area contributed by atoms with E-state index in [1.807, 2.05) is 69.5 Å². The predicted molar refractivity (Wildman–Crippen MR) is 118 cm³/mol. The lowest BCUT2D eigenvalue weighted by Crippen LogP contribution is -2.40. The molecule has 0 aliphatic heterocycles. The minimum Gasteiger partial charge on any atom is -0.480 e. The fraction of sp³-hybridized carbons (Fsp3) is 0.524. The van der Waals surface area contributed by atoms with E-state index in [0.29, 0.717) is 0 Å². The van der Waals surface area contributed by atoms with Crippen LogP contribution in [0.15, 0.2) is 24.3 Å². The van der Waals surface area contributed by atoms with Gasteiger partial charge in [0.05, 0.1) is 0 Å². The second kappa shape index (κ2) is 22.2. The van der Waals surface area contributed by atoms with Crippen molar-refractivity contribution < 1.29 is 29.4 Å². The zero-order valence-electron chi connectivity index (χ0n) is 18.9. The fourth-order valence-electron chi connectivity index (χ4n) is 1.56. The topological polar surface area (TPSA) is 145 Å². The number of carboxylic acid groups (broad SMARTS) is 2. The van der Waals surface area contributed by atoms with E-state index in [-0.39, 0.29) is 5.91 Å². The van der Waals surface area contributed by atoms with E-state index in [2.05, 4.69) is 12.2 Å². The molecule has 9 heteroatoms. The summed E-state index contributed by atoms with van der Waals surface area (Å²) >= 11 is 0. The second-order valence-electron chi connectivity index (χ2n) is 5.30. The molecule has 0 heterocycles. The van der Waals surface area contributed by atoms with Gasteiger partial charge in [0.2, 0.25) is 0 Å². The number of carbonyl (C=O) groups excluding carboxylic acids is 2. The molecule has 0 fully saturated rings. The van der Waals surface area contributed by atoms with Crippen LogP contribution in [0.5, 0.6) is 0 Å². The fourth-order valence-corrected chi connectivity index (χ4v) is 1.56. The summed E-state index contributed by atoms with van der Waals surface area (Å²) in [5.41, 5.74) is 1.92. The highest BCUT2D eigenvalue weighted by Gasteiger charge is 2.04. The Bertz CT molecular complexity index is 583. The van der Waals surface area contributed by atoms with Crippen molar-refractivity contribution in [3.05, 3.63) is 35.4 Å². The lowest BCUT2D eigenvalue weighted by molar-refractivity contribution is -0.136. The number of aliphatic carboxylic acids is 2. The van der Waals surface area contributed by atoms with E-state index >= 15 is 0 Å². The third kappa shape index (κ3) is 21.2. The number of hydrogen-bond acceptors (Lipinski definition) is 4. The van der Waals surface area contributed by atoms with Gasteiger partial charge in [-0.1, -0.05) is 58.7 Å². The van der Waals surface area contributed by atoms with E-state index in [0.717, 1.165) is 24.9 Å². The Morgan fingerprint density at radius 3 is 1.60 bits per heavy atom. The number of urea groups is 1. The van der Waals surface area contributed by atoms with Crippen LogP contribution in [0.25, 0.3) is 0 Å². The molecule has 30 heavy (non-hydrogen) atoms. The summed E-state index contributed by atoms with van der Waals surface area (Å²) < 4.78 is 0. The smallest absolute Gasteiger partial charge is 0.323 e. The molecule has 9 nitrogen and oxygen atoms in total. The Balaban J connectivity index is -0.000000421. The first-order valence-corrected chi connectivity index (χ1v) is 10.1. The first kappa shape index (κ1) is 31.6. The van der Waals surface area contributed by atoms with Gasteiger partial charge in [-0.05, 0) is 25.5 Å². The lowest BCUT2D eigenvalue weighted by Gasteiger charge is -2.03. The van der Waals surface area contributed by atoms with Gasteiger partial charge in [-0.15, -0.1) is 0 Å². The van der Waals surface area contributed by atoms with Gasteiger partial charge in [-0.25, -0.2) is 4.79 Å². The van der Waals surface area contributed by atoms with E-state index in [1.165, 1.54) is 5.56 Å². The Labute approximate surface area is 179 Å². The SMILES string of the molecule is CC.CC.CCCCNC(=O)c1ccc(C)cc1.O=C(O)CNC(=O)NCC(=O)O. The van der Waals surface area contributed by atoms with Crippen molar-refractivity contribution in [2.45, 2.75) is 54.4 Å². The Morgan fingerprint density at radius 1 is 0.800 bits per heavy atom. The van der Waals surface area contributed by atoms with E-state index in [1.54, 1.807) is 0 Å². The van der Waals surface area contributed by atoms with Crippen LogP contribution in [0.3, 0.4) is 0 Å². The largest absolute Gasteiger partial charge is 0.480 e. The van der Waals surface area contributed by atoms with E-state index < -0.39 is 31.1 Å². The summed E-state index contributed by atoms with van der Waals surface area (Å²) in [7, 11) is 0. The summed E-state index contributed by atoms with van der Waals surface area (Å²) in [6, 6.07) is 6.80. The minimum absolute atomic E-state index is 0.0263. The van der Waals surface area contributed by atoms with Crippen LogP contribution in [-0.4, -0.2) is 53.7 Å². The number of carbonyl (C=O) groups is 4. The number of nitrogens with one attached hydrogen (secondary N) is 3. The van der Waals surface area contributed by atoms with Gasteiger partial charge >= 0.3 is 18.0 Å². The zero-order valence-corrected chi connectivity index (χ0v) is 18.9. The third-order valence-electron chi connectivity index (χ3n) is 2.93. The van der Waals surface area contributed by atoms with Crippen molar-refractivity contribution in [3.63, 3.8) is 0 Å². The molecule has 0 bridgehead atoms. The first-order chi connectivity index (χ1) is 14.3. The van der Waals surface area contributed by atoms with Crippen LogP contribution in [0.2, 0.25) is 0 Å². The summed E-state index contributed by atoms with van der Waals surface area (Å²) in [5, 5.41) is 22.9. The average Bonchev–Trinajstić information content (AvgIpc) is 2.74. The van der Waals surface area contributed by atoms with Crippen molar-refractivity contribution in [1.29, 1.82) is 0 Å². The molecule has 0 saturated carbocycles. The maximum atomic E-state index is 11.5. The Kier molecular flexibility index (Phi) is 23.4. The molecule has 3 amide bonds. The molecule has 1 rings (SSSR count). The summed E-state index contributed by atoms with van der Waals surface area (Å²) in [6.07, 6.45) is 2.14. The molecule has 1 aromatic rings. The Hall–Kier alpha value is -3.10. The number of aryl methyl sites for hydroxylation is 1. The molecule has 0 aromatic heterocycles. The molecule has 5 N–H and O–H groups in total. The van der Waals surface area contributed by atoms with Crippen molar-refractivity contribution in [3.8, 4) is 0 Å². The van der Waals surface area contributed by atoms with Crippen molar-refractivity contribution >= 4 is 23.9 Å². The molecule has 1 aromatic carbocycles. The summed E-state index contributed by atoms with van der Waals surface area (Å²) in [6.45, 7) is 11.8. The maximum absolute atomic E-state index is 11.5. The highest BCUT2D eigenvalue weighted by molar-refractivity contribution is 5.94. The normalized spacial score (nSPS) is 8.47. The monoisotopic (exact) mass is 427 g/mol. The van der Waals surface area contributed by atoms with Gasteiger partial charge < -0.3 is 26.2 Å². The van der Waals surface area contributed by atoms with Crippen LogP contribution >= 0.6 is 0 Å². The molecule has 0 radical (unpaired) electrons. The highest BCUT2D eigenvalue weighted by Crippen LogP contribution is 2.02.